The average Bonchev–Trinajstić information content (AvgIpc) is 2.86. The molecule has 0 N–H and O–H groups in total. The molecule has 0 aromatic carbocycles. The number of fused-ring (bicyclic) bond motifs is 2. The van der Waals surface area contributed by atoms with Gasteiger partial charge in [-0.05, 0) is 49.4 Å². The summed E-state index contributed by atoms with van der Waals surface area (Å²) in [6, 6.07) is 0. The summed E-state index contributed by atoms with van der Waals surface area (Å²) in [6.07, 6.45) is 7.94. The normalized spacial score (nSPS) is 35.5. The molecule has 2 aliphatic carbocycles. The first-order chi connectivity index (χ1) is 7.85. The highest BCUT2D eigenvalue weighted by Gasteiger charge is 2.45. The number of nitrogens with zero attached hydrogens (tertiary/aromatic N) is 2. The van der Waals surface area contributed by atoms with Crippen LogP contribution in [0.4, 0.5) is 0 Å². The van der Waals surface area contributed by atoms with Crippen molar-refractivity contribution in [3.63, 3.8) is 0 Å². The Kier molecular flexibility index (Phi) is 3.66. The van der Waals surface area contributed by atoms with Crippen LogP contribution in [-0.4, -0.2) is 25.2 Å². The largest absolute Gasteiger partial charge is 0.234 e. The van der Waals surface area contributed by atoms with Gasteiger partial charge in [0.25, 0.3) is 0 Å². The highest BCUT2D eigenvalue weighted by molar-refractivity contribution is 5.33. The number of hydrogen-bond donors (Lipinski definition) is 0. The van der Waals surface area contributed by atoms with Crippen LogP contribution in [0.5, 0.6) is 0 Å². The second kappa shape index (κ2) is 5.20. The molecule has 0 aromatic rings. The van der Waals surface area contributed by atoms with Crippen molar-refractivity contribution in [3.05, 3.63) is 0 Å². The molecule has 4 heteroatoms. The van der Waals surface area contributed by atoms with Gasteiger partial charge in [0.15, 0.2) is 0 Å². The van der Waals surface area contributed by atoms with Crippen LogP contribution in [0.2, 0.25) is 0 Å². The zero-order chi connectivity index (χ0) is 11.4. The Morgan fingerprint density at radius 2 is 1.75 bits per heavy atom. The van der Waals surface area contributed by atoms with Crippen molar-refractivity contribution in [2.45, 2.75) is 25.7 Å². The molecule has 0 heterocycles. The lowest BCUT2D eigenvalue weighted by Crippen LogP contribution is -2.22. The zero-order valence-electron chi connectivity index (χ0n) is 9.26. The van der Waals surface area contributed by atoms with Crippen LogP contribution in [0.25, 0.3) is 0 Å². The SMILES string of the molecule is O=C=NCCC1CC2CC(CN=C=O)C1C2. The summed E-state index contributed by atoms with van der Waals surface area (Å²) in [5.74, 6) is 2.72. The molecule has 2 fully saturated rings. The number of hydrogen-bond acceptors (Lipinski definition) is 4. The standard InChI is InChI=1S/C12H16N2O2/c15-7-13-2-1-10-3-9-4-11(6-14-8-16)12(10)5-9/h9-12H,1-6H2. The van der Waals surface area contributed by atoms with Gasteiger partial charge in [0, 0.05) is 0 Å². The van der Waals surface area contributed by atoms with Crippen LogP contribution >= 0.6 is 0 Å². The minimum absolute atomic E-state index is 0.561. The Bertz CT molecular complexity index is 341. The molecule has 2 aliphatic rings. The Balaban J connectivity index is 1.88. The van der Waals surface area contributed by atoms with Gasteiger partial charge in [0.1, 0.15) is 0 Å². The van der Waals surface area contributed by atoms with Crippen molar-refractivity contribution in [3.8, 4) is 0 Å². The number of rotatable bonds is 5. The van der Waals surface area contributed by atoms with E-state index in [4.69, 9.17) is 0 Å². The van der Waals surface area contributed by atoms with Gasteiger partial charge in [0.2, 0.25) is 12.2 Å². The minimum atomic E-state index is 0.561. The topological polar surface area (TPSA) is 58.9 Å². The number of carbonyl (C=O) groups excluding carboxylic acids is 2. The third-order valence-electron chi connectivity index (χ3n) is 4.16. The summed E-state index contributed by atoms with van der Waals surface area (Å²) in [4.78, 5) is 27.4. The Morgan fingerprint density at radius 3 is 2.44 bits per heavy atom. The molecule has 0 aromatic heterocycles. The summed E-state index contributed by atoms with van der Waals surface area (Å²) in [5, 5.41) is 0. The molecule has 0 aliphatic heterocycles. The lowest BCUT2D eigenvalue weighted by Gasteiger charge is -2.27. The molecule has 16 heavy (non-hydrogen) atoms. The first kappa shape index (κ1) is 11.3. The molecule has 0 radical (unpaired) electrons. The molecule has 2 saturated carbocycles. The highest BCUT2D eigenvalue weighted by atomic mass is 16.1. The average molecular weight is 220 g/mol. The van der Waals surface area contributed by atoms with Crippen LogP contribution < -0.4 is 0 Å². The Hall–Kier alpha value is -1.24. The monoisotopic (exact) mass is 220 g/mol. The van der Waals surface area contributed by atoms with Gasteiger partial charge in [-0.2, -0.15) is 0 Å². The van der Waals surface area contributed by atoms with Gasteiger partial charge < -0.3 is 0 Å². The van der Waals surface area contributed by atoms with Gasteiger partial charge in [-0.25, -0.2) is 19.6 Å². The molecule has 86 valence electrons. The summed E-state index contributed by atoms with van der Waals surface area (Å²) in [5.41, 5.74) is 0. The Morgan fingerprint density at radius 1 is 1.00 bits per heavy atom. The summed E-state index contributed by atoms with van der Waals surface area (Å²) < 4.78 is 0. The summed E-state index contributed by atoms with van der Waals surface area (Å²) in [6.45, 7) is 1.24. The lowest BCUT2D eigenvalue weighted by atomic mass is 9.79. The molecule has 2 rings (SSSR count). The van der Waals surface area contributed by atoms with E-state index in [1.807, 2.05) is 0 Å². The van der Waals surface area contributed by atoms with Gasteiger partial charge in [-0.15, -0.1) is 0 Å². The van der Waals surface area contributed by atoms with E-state index in [1.165, 1.54) is 19.3 Å². The fraction of sp³-hybridized carbons (Fsp3) is 0.833. The smallest absolute Gasteiger partial charge is 0.211 e. The number of isocyanates is 2. The van der Waals surface area contributed by atoms with Crippen molar-refractivity contribution in [2.75, 3.05) is 13.1 Å². The maximum Gasteiger partial charge on any atom is 0.234 e. The first-order valence-corrected chi connectivity index (χ1v) is 5.92. The van der Waals surface area contributed by atoms with Crippen molar-refractivity contribution in [1.29, 1.82) is 0 Å². The molecular weight excluding hydrogens is 204 g/mol. The second-order valence-corrected chi connectivity index (χ2v) is 4.95. The van der Waals surface area contributed by atoms with Crippen molar-refractivity contribution in [2.24, 2.45) is 33.7 Å². The molecule has 0 saturated heterocycles. The highest BCUT2D eigenvalue weighted by Crippen LogP contribution is 2.52. The Labute approximate surface area is 94.9 Å². The molecule has 0 amide bonds. The quantitative estimate of drug-likeness (QED) is 0.523. The van der Waals surface area contributed by atoms with Crippen LogP contribution in [0.3, 0.4) is 0 Å². The zero-order valence-corrected chi connectivity index (χ0v) is 9.26. The maximum absolute atomic E-state index is 10.1. The number of aliphatic imine (C=N–C) groups is 2. The fourth-order valence-electron chi connectivity index (χ4n) is 3.62. The second-order valence-electron chi connectivity index (χ2n) is 4.95. The van der Waals surface area contributed by atoms with E-state index in [9.17, 15) is 9.59 Å². The lowest BCUT2D eigenvalue weighted by molar-refractivity contribution is 0.235. The van der Waals surface area contributed by atoms with E-state index in [1.54, 1.807) is 12.2 Å². The minimum Gasteiger partial charge on any atom is -0.211 e. The molecule has 2 bridgehead atoms. The van der Waals surface area contributed by atoms with E-state index >= 15 is 0 Å². The fourth-order valence-corrected chi connectivity index (χ4v) is 3.62. The van der Waals surface area contributed by atoms with Gasteiger partial charge in [0.05, 0.1) is 13.1 Å². The third-order valence-corrected chi connectivity index (χ3v) is 4.16. The van der Waals surface area contributed by atoms with Crippen LogP contribution in [-0.2, 0) is 9.59 Å². The summed E-state index contributed by atoms with van der Waals surface area (Å²) >= 11 is 0. The first-order valence-electron chi connectivity index (χ1n) is 5.92. The van der Waals surface area contributed by atoms with E-state index in [2.05, 4.69) is 9.98 Å². The van der Waals surface area contributed by atoms with E-state index in [0.717, 1.165) is 12.3 Å². The van der Waals surface area contributed by atoms with Gasteiger partial charge in [-0.1, -0.05) is 0 Å². The van der Waals surface area contributed by atoms with E-state index in [0.29, 0.717) is 30.8 Å². The van der Waals surface area contributed by atoms with E-state index < -0.39 is 0 Å². The van der Waals surface area contributed by atoms with Crippen LogP contribution in [0, 0.1) is 23.7 Å². The van der Waals surface area contributed by atoms with Crippen molar-refractivity contribution >= 4 is 12.2 Å². The van der Waals surface area contributed by atoms with Crippen molar-refractivity contribution < 1.29 is 9.59 Å². The van der Waals surface area contributed by atoms with Gasteiger partial charge >= 0.3 is 0 Å². The molecule has 4 nitrogen and oxygen atoms in total. The molecule has 4 atom stereocenters. The predicted molar refractivity (Wildman–Crippen MR) is 58.4 cm³/mol. The third kappa shape index (κ3) is 2.29. The van der Waals surface area contributed by atoms with E-state index in [-0.39, 0.29) is 0 Å². The molecular formula is C12H16N2O2. The maximum atomic E-state index is 10.1. The van der Waals surface area contributed by atoms with Crippen LogP contribution in [0.15, 0.2) is 9.98 Å². The van der Waals surface area contributed by atoms with Crippen LogP contribution in [0.1, 0.15) is 25.7 Å². The molecule has 0 spiro atoms. The predicted octanol–water partition coefficient (Wildman–Crippen LogP) is 1.71. The summed E-state index contributed by atoms with van der Waals surface area (Å²) in [7, 11) is 0. The van der Waals surface area contributed by atoms with Gasteiger partial charge in [-0.3, -0.25) is 0 Å². The van der Waals surface area contributed by atoms with Crippen molar-refractivity contribution in [1.82, 2.24) is 0 Å². The molecule has 4 unspecified atom stereocenters.